The van der Waals surface area contributed by atoms with E-state index in [4.69, 9.17) is 30.0 Å². The summed E-state index contributed by atoms with van der Waals surface area (Å²) < 4.78 is 21.3. The third-order valence-electron chi connectivity index (χ3n) is 4.08. The number of furan rings is 1. The van der Waals surface area contributed by atoms with Crippen molar-refractivity contribution in [2.45, 2.75) is 13.2 Å². The number of carbonyl (C=O) groups excluding carboxylic acids is 1. The average molecular weight is 399 g/mol. The molecule has 2 aromatic heterocycles. The molecule has 4 aromatic rings. The average Bonchev–Trinajstić information content (AvgIpc) is 3.32. The molecule has 0 unspecified atom stereocenters. The van der Waals surface area contributed by atoms with Crippen molar-refractivity contribution in [3.05, 3.63) is 70.8 Å². The monoisotopic (exact) mass is 398 g/mol. The summed E-state index contributed by atoms with van der Waals surface area (Å²) in [7, 11) is 1.55. The molecule has 7 nitrogen and oxygen atoms in total. The minimum Gasteiger partial charge on any atom is -0.450 e. The molecule has 0 saturated carbocycles. The number of carbonyl (C=O) groups is 1. The van der Waals surface area contributed by atoms with Crippen LogP contribution in [0.15, 0.2) is 57.5 Å². The molecule has 4 rings (SSSR count). The highest BCUT2D eigenvalue weighted by atomic mass is 35.5. The van der Waals surface area contributed by atoms with Crippen molar-refractivity contribution in [1.82, 2.24) is 10.1 Å². The van der Waals surface area contributed by atoms with Gasteiger partial charge in [0.25, 0.3) is 5.89 Å². The molecule has 0 aliphatic heterocycles. The van der Waals surface area contributed by atoms with Gasteiger partial charge in [0.1, 0.15) is 5.58 Å². The van der Waals surface area contributed by atoms with Crippen LogP contribution in [0.2, 0.25) is 5.02 Å². The maximum absolute atomic E-state index is 12.5. The molecular formula is C20H15ClN2O5. The second-order valence-electron chi connectivity index (χ2n) is 5.91. The summed E-state index contributed by atoms with van der Waals surface area (Å²) >= 11 is 6.13. The van der Waals surface area contributed by atoms with E-state index in [9.17, 15) is 4.79 Å². The van der Waals surface area contributed by atoms with Crippen LogP contribution in [0, 0.1) is 0 Å². The van der Waals surface area contributed by atoms with Crippen LogP contribution in [-0.4, -0.2) is 23.2 Å². The molecule has 0 aliphatic rings. The van der Waals surface area contributed by atoms with Crippen LogP contribution in [0.3, 0.4) is 0 Å². The molecule has 0 saturated heterocycles. The number of aromatic nitrogens is 2. The fourth-order valence-corrected chi connectivity index (χ4v) is 3.03. The fourth-order valence-electron chi connectivity index (χ4n) is 2.81. The van der Waals surface area contributed by atoms with E-state index >= 15 is 0 Å². The summed E-state index contributed by atoms with van der Waals surface area (Å²) in [5.41, 5.74) is 1.84. The van der Waals surface area contributed by atoms with Gasteiger partial charge in [-0.1, -0.05) is 47.1 Å². The lowest BCUT2D eigenvalue weighted by atomic mass is 10.1. The number of hydrogen-bond donors (Lipinski definition) is 0. The van der Waals surface area contributed by atoms with E-state index < -0.39 is 5.97 Å². The van der Waals surface area contributed by atoms with Crippen molar-refractivity contribution < 1.29 is 23.2 Å². The van der Waals surface area contributed by atoms with Gasteiger partial charge in [0.2, 0.25) is 11.6 Å². The van der Waals surface area contributed by atoms with E-state index in [-0.39, 0.29) is 24.9 Å². The van der Waals surface area contributed by atoms with E-state index in [0.717, 1.165) is 5.39 Å². The molecule has 2 heterocycles. The van der Waals surface area contributed by atoms with Crippen LogP contribution in [0.4, 0.5) is 0 Å². The zero-order valence-corrected chi connectivity index (χ0v) is 15.6. The van der Waals surface area contributed by atoms with Crippen molar-refractivity contribution in [2.75, 3.05) is 7.11 Å². The van der Waals surface area contributed by atoms with Crippen LogP contribution in [0.25, 0.3) is 22.4 Å². The van der Waals surface area contributed by atoms with Crippen LogP contribution < -0.4 is 0 Å². The van der Waals surface area contributed by atoms with Crippen LogP contribution in [-0.2, 0) is 22.7 Å². The minimum absolute atomic E-state index is 0.0916. The van der Waals surface area contributed by atoms with Gasteiger partial charge in [-0.25, -0.2) is 4.79 Å². The molecule has 2 aromatic carbocycles. The number of halogens is 1. The number of fused-ring (bicyclic) bond motifs is 1. The number of rotatable bonds is 6. The molecule has 142 valence electrons. The minimum atomic E-state index is -0.638. The van der Waals surface area contributed by atoms with Gasteiger partial charge < -0.3 is 18.4 Å². The second-order valence-corrected chi connectivity index (χ2v) is 6.31. The molecule has 8 heteroatoms. The SMILES string of the molecule is COCc1c(C(=O)OCc2nc(-c3ccccc3Cl)no2)oc2ccccc12. The van der Waals surface area contributed by atoms with Crippen molar-refractivity contribution >= 4 is 28.5 Å². The molecule has 0 fully saturated rings. The van der Waals surface area contributed by atoms with Gasteiger partial charge in [-0.15, -0.1) is 0 Å². The standard InChI is InChI=1S/C20H15ClN2O5/c1-25-10-14-12-6-3-5-9-16(12)27-18(14)20(24)26-11-17-22-19(23-28-17)13-7-2-4-8-15(13)21/h2-9H,10-11H2,1H3. The zero-order chi connectivity index (χ0) is 19.5. The molecular weight excluding hydrogens is 384 g/mol. The Bertz CT molecular complexity index is 1130. The highest BCUT2D eigenvalue weighted by molar-refractivity contribution is 6.33. The number of para-hydroxylation sites is 1. The smallest absolute Gasteiger partial charge is 0.375 e. The van der Waals surface area contributed by atoms with E-state index in [0.29, 0.717) is 27.6 Å². The molecule has 0 spiro atoms. The van der Waals surface area contributed by atoms with Gasteiger partial charge in [0.05, 0.1) is 11.6 Å². The van der Waals surface area contributed by atoms with Gasteiger partial charge in [0.15, 0.2) is 6.61 Å². The van der Waals surface area contributed by atoms with Crippen LogP contribution in [0.5, 0.6) is 0 Å². The van der Waals surface area contributed by atoms with E-state index in [2.05, 4.69) is 10.1 Å². The van der Waals surface area contributed by atoms with Crippen molar-refractivity contribution in [2.24, 2.45) is 0 Å². The Hall–Kier alpha value is -3.16. The molecule has 0 radical (unpaired) electrons. The van der Waals surface area contributed by atoms with E-state index in [1.54, 1.807) is 31.4 Å². The van der Waals surface area contributed by atoms with Gasteiger partial charge in [-0.05, 0) is 18.2 Å². The Labute approximate surface area is 164 Å². The Kier molecular flexibility index (Phi) is 5.10. The third kappa shape index (κ3) is 3.49. The Morgan fingerprint density at radius 3 is 2.71 bits per heavy atom. The highest BCUT2D eigenvalue weighted by Gasteiger charge is 2.22. The number of methoxy groups -OCH3 is 1. The molecule has 0 atom stereocenters. The fraction of sp³-hybridized carbons (Fsp3) is 0.150. The molecule has 0 aliphatic carbocycles. The van der Waals surface area contributed by atoms with Crippen molar-refractivity contribution in [3.63, 3.8) is 0 Å². The van der Waals surface area contributed by atoms with Crippen LogP contribution in [0.1, 0.15) is 22.0 Å². The summed E-state index contributed by atoms with van der Waals surface area (Å²) in [5.74, 6) is -0.0808. The molecule has 0 bridgehead atoms. The predicted molar refractivity (Wildman–Crippen MR) is 101 cm³/mol. The van der Waals surface area contributed by atoms with Gasteiger partial charge in [-0.2, -0.15) is 4.98 Å². The first-order chi connectivity index (χ1) is 13.7. The molecule has 28 heavy (non-hydrogen) atoms. The van der Waals surface area contributed by atoms with E-state index in [1.807, 2.05) is 24.3 Å². The lowest BCUT2D eigenvalue weighted by Gasteiger charge is -2.02. The quantitative estimate of drug-likeness (QED) is 0.437. The number of hydrogen-bond acceptors (Lipinski definition) is 7. The van der Waals surface area contributed by atoms with Crippen molar-refractivity contribution in [1.29, 1.82) is 0 Å². The predicted octanol–water partition coefficient (Wildman–Crippen LogP) is 4.64. The summed E-state index contributed by atoms with van der Waals surface area (Å²) in [6.45, 7) is 0.0262. The van der Waals surface area contributed by atoms with Gasteiger partial charge in [0, 0.05) is 23.6 Å². The first kappa shape index (κ1) is 18.2. The largest absolute Gasteiger partial charge is 0.450 e. The number of nitrogens with zero attached hydrogens (tertiary/aromatic N) is 2. The topological polar surface area (TPSA) is 87.6 Å². The Morgan fingerprint density at radius 2 is 1.89 bits per heavy atom. The Balaban J connectivity index is 1.52. The second kappa shape index (κ2) is 7.84. The van der Waals surface area contributed by atoms with Crippen LogP contribution >= 0.6 is 11.6 Å². The zero-order valence-electron chi connectivity index (χ0n) is 14.8. The number of benzene rings is 2. The lowest BCUT2D eigenvalue weighted by molar-refractivity contribution is 0.0390. The highest BCUT2D eigenvalue weighted by Crippen LogP contribution is 2.28. The third-order valence-corrected chi connectivity index (χ3v) is 4.41. The number of esters is 1. The first-order valence-electron chi connectivity index (χ1n) is 8.41. The van der Waals surface area contributed by atoms with Crippen molar-refractivity contribution in [3.8, 4) is 11.4 Å². The summed E-state index contributed by atoms with van der Waals surface area (Å²) in [4.78, 5) is 16.7. The molecule has 0 N–H and O–H groups in total. The normalized spacial score (nSPS) is 11.1. The van der Waals surface area contributed by atoms with Gasteiger partial charge in [-0.3, -0.25) is 0 Å². The summed E-state index contributed by atoms with van der Waals surface area (Å²) in [5, 5.41) is 5.17. The van der Waals surface area contributed by atoms with E-state index in [1.165, 1.54) is 0 Å². The Morgan fingerprint density at radius 1 is 1.11 bits per heavy atom. The maximum atomic E-state index is 12.5. The maximum Gasteiger partial charge on any atom is 0.375 e. The molecule has 0 amide bonds. The summed E-state index contributed by atoms with van der Waals surface area (Å²) in [6, 6.07) is 14.4. The van der Waals surface area contributed by atoms with Gasteiger partial charge >= 0.3 is 5.97 Å². The number of ether oxygens (including phenoxy) is 2. The lowest BCUT2D eigenvalue weighted by Crippen LogP contribution is -2.07. The summed E-state index contributed by atoms with van der Waals surface area (Å²) in [6.07, 6.45) is 0. The first-order valence-corrected chi connectivity index (χ1v) is 8.79.